The van der Waals surface area contributed by atoms with Crippen LogP contribution >= 0.6 is 0 Å². The summed E-state index contributed by atoms with van der Waals surface area (Å²) in [7, 11) is 1.34. The van der Waals surface area contributed by atoms with Gasteiger partial charge in [-0.2, -0.15) is 0 Å². The number of ether oxygens (including phenoxy) is 4. The Morgan fingerprint density at radius 1 is 1.15 bits per heavy atom. The summed E-state index contributed by atoms with van der Waals surface area (Å²) in [6, 6.07) is 9.97. The molecule has 1 unspecified atom stereocenters. The number of esters is 1. The van der Waals surface area contributed by atoms with E-state index in [9.17, 15) is 14.7 Å². The quantitative estimate of drug-likeness (QED) is 0.639. The number of likely N-dealkylation sites (tertiary alicyclic amines) is 1. The minimum absolute atomic E-state index is 0.0786. The molecule has 2 aliphatic heterocycles. The maximum atomic E-state index is 12.3. The van der Waals surface area contributed by atoms with Crippen molar-refractivity contribution >= 4 is 12.1 Å². The summed E-state index contributed by atoms with van der Waals surface area (Å²) in [5.41, 5.74) is 1.38. The Hall–Kier alpha value is -3.46. The topological polar surface area (TPSA) is 107 Å². The number of hydrogen-bond donors (Lipinski definition) is 2. The molecule has 2 aliphatic rings. The Bertz CT molecular complexity index is 1060. The summed E-state index contributed by atoms with van der Waals surface area (Å²) >= 11 is 0. The highest BCUT2D eigenvalue weighted by Gasteiger charge is 2.34. The Labute approximate surface area is 198 Å². The van der Waals surface area contributed by atoms with E-state index in [-0.39, 0.29) is 24.6 Å². The number of aromatic hydroxyl groups is 1. The molecule has 2 aromatic rings. The highest BCUT2D eigenvalue weighted by atomic mass is 16.7. The molecular weight excluding hydrogens is 440 g/mol. The van der Waals surface area contributed by atoms with Crippen molar-refractivity contribution in [2.75, 3.05) is 27.0 Å². The van der Waals surface area contributed by atoms with Gasteiger partial charge < -0.3 is 29.4 Å². The van der Waals surface area contributed by atoms with Gasteiger partial charge in [-0.25, -0.2) is 9.59 Å². The Balaban J connectivity index is 1.62. The number of phenolic OH excluding ortho intramolecular Hbond substituents is 1. The molecule has 2 heterocycles. The molecule has 0 aromatic heterocycles. The molecule has 182 valence electrons. The number of nitrogens with one attached hydrogen (secondary N) is 1. The van der Waals surface area contributed by atoms with E-state index in [0.717, 1.165) is 12.0 Å². The van der Waals surface area contributed by atoms with E-state index in [1.807, 2.05) is 32.9 Å². The molecule has 4 rings (SSSR count). The largest absolute Gasteiger partial charge is 0.507 e. The molecule has 2 atom stereocenters. The number of alkyl carbamates (subject to hydrolysis) is 1. The summed E-state index contributed by atoms with van der Waals surface area (Å²) in [5.74, 6) is 0.713. The minimum atomic E-state index is -0.579. The fourth-order valence-electron chi connectivity index (χ4n) is 4.29. The van der Waals surface area contributed by atoms with E-state index in [2.05, 4.69) is 10.2 Å². The molecular formula is C25H30N2O7. The van der Waals surface area contributed by atoms with E-state index in [1.54, 1.807) is 24.3 Å². The number of carbonyl (C=O) groups is 2. The normalized spacial score (nSPS) is 18.4. The van der Waals surface area contributed by atoms with Crippen molar-refractivity contribution in [2.24, 2.45) is 0 Å². The number of rotatable bonds is 5. The number of benzene rings is 2. The van der Waals surface area contributed by atoms with Crippen LogP contribution in [0.25, 0.3) is 0 Å². The minimum Gasteiger partial charge on any atom is -0.507 e. The van der Waals surface area contributed by atoms with Gasteiger partial charge in [0.15, 0.2) is 11.5 Å². The molecule has 0 radical (unpaired) electrons. The highest BCUT2D eigenvalue weighted by Crippen LogP contribution is 2.44. The number of methoxy groups -OCH3 is 1. The maximum Gasteiger partial charge on any atom is 0.407 e. The third kappa shape index (κ3) is 5.20. The summed E-state index contributed by atoms with van der Waals surface area (Å²) < 4.78 is 21.1. The zero-order chi connectivity index (χ0) is 24.5. The van der Waals surface area contributed by atoms with Crippen LogP contribution in [0.15, 0.2) is 36.4 Å². The number of hydrogen-bond acceptors (Lipinski definition) is 8. The van der Waals surface area contributed by atoms with Crippen molar-refractivity contribution in [1.29, 1.82) is 0 Å². The van der Waals surface area contributed by atoms with Crippen LogP contribution in [0.5, 0.6) is 17.2 Å². The molecule has 0 bridgehead atoms. The van der Waals surface area contributed by atoms with E-state index in [0.29, 0.717) is 35.7 Å². The molecule has 9 nitrogen and oxygen atoms in total. The lowest BCUT2D eigenvalue weighted by Gasteiger charge is -2.30. The van der Waals surface area contributed by atoms with Gasteiger partial charge in [-0.1, -0.05) is 12.1 Å². The Morgan fingerprint density at radius 3 is 2.47 bits per heavy atom. The number of carbonyl (C=O) groups excluding carboxylic acids is 2. The van der Waals surface area contributed by atoms with E-state index in [1.165, 1.54) is 7.11 Å². The third-order valence-corrected chi connectivity index (χ3v) is 5.77. The van der Waals surface area contributed by atoms with E-state index >= 15 is 0 Å². The van der Waals surface area contributed by atoms with Crippen LogP contribution in [-0.2, 0) is 9.47 Å². The maximum absolute atomic E-state index is 12.3. The Kier molecular flexibility index (Phi) is 6.56. The van der Waals surface area contributed by atoms with Gasteiger partial charge in [0.05, 0.1) is 18.7 Å². The van der Waals surface area contributed by atoms with Crippen LogP contribution in [0, 0.1) is 0 Å². The molecule has 1 amide bonds. The molecule has 0 spiro atoms. The van der Waals surface area contributed by atoms with Gasteiger partial charge in [-0.15, -0.1) is 0 Å². The molecule has 0 aliphatic carbocycles. The summed E-state index contributed by atoms with van der Waals surface area (Å²) in [5, 5.41) is 13.8. The van der Waals surface area contributed by atoms with E-state index < -0.39 is 17.7 Å². The zero-order valence-electron chi connectivity index (χ0n) is 19.8. The average Bonchev–Trinajstić information content (AvgIpc) is 3.42. The number of nitrogens with zero attached hydrogens (tertiary/aromatic N) is 1. The lowest BCUT2D eigenvalue weighted by atomic mass is 9.95. The number of phenols is 1. The molecule has 9 heteroatoms. The smallest absolute Gasteiger partial charge is 0.407 e. The zero-order valence-corrected chi connectivity index (χ0v) is 19.8. The fraction of sp³-hybridized carbons (Fsp3) is 0.440. The van der Waals surface area contributed by atoms with Crippen LogP contribution in [0.2, 0.25) is 0 Å². The lowest BCUT2D eigenvalue weighted by Crippen LogP contribution is -2.41. The van der Waals surface area contributed by atoms with Crippen molar-refractivity contribution in [3.8, 4) is 17.2 Å². The van der Waals surface area contributed by atoms with Crippen LogP contribution < -0.4 is 14.8 Å². The first-order chi connectivity index (χ1) is 16.1. The van der Waals surface area contributed by atoms with Gasteiger partial charge in [0.25, 0.3) is 0 Å². The molecule has 2 N–H and O–H groups in total. The first-order valence-electron chi connectivity index (χ1n) is 11.2. The Morgan fingerprint density at radius 2 is 1.82 bits per heavy atom. The van der Waals surface area contributed by atoms with Gasteiger partial charge in [-0.3, -0.25) is 4.90 Å². The van der Waals surface area contributed by atoms with Crippen LogP contribution in [0.1, 0.15) is 54.7 Å². The van der Waals surface area contributed by atoms with Crippen molar-refractivity contribution in [3.05, 3.63) is 53.1 Å². The average molecular weight is 471 g/mol. The van der Waals surface area contributed by atoms with Gasteiger partial charge in [0, 0.05) is 30.8 Å². The second-order valence-corrected chi connectivity index (χ2v) is 9.41. The van der Waals surface area contributed by atoms with Crippen molar-refractivity contribution in [2.45, 2.75) is 44.9 Å². The summed E-state index contributed by atoms with van der Waals surface area (Å²) in [4.78, 5) is 26.3. The molecule has 34 heavy (non-hydrogen) atoms. The van der Waals surface area contributed by atoms with E-state index in [4.69, 9.17) is 18.9 Å². The standard InChI is InChI=1S/C25H30N2O7/c1-25(2,3)34-24(30)26-17-9-10-27(13-17)22(15-5-7-16(8-6-15)23(29)31-4)18-11-20-21(12-19(18)28)33-14-32-20/h5-8,11-12,17,22,28H,9-10,13-14H2,1-4H3,(H,26,30)/t17-,22?/m1/s1. The molecule has 2 aromatic carbocycles. The first-order valence-corrected chi connectivity index (χ1v) is 11.2. The second-order valence-electron chi connectivity index (χ2n) is 9.41. The third-order valence-electron chi connectivity index (χ3n) is 5.77. The van der Waals surface area contributed by atoms with Crippen LogP contribution in [0.3, 0.4) is 0 Å². The second kappa shape index (κ2) is 9.42. The summed E-state index contributed by atoms with van der Waals surface area (Å²) in [6.07, 6.45) is 0.269. The number of amides is 1. The van der Waals surface area contributed by atoms with Crippen molar-refractivity contribution < 1.29 is 33.6 Å². The number of fused-ring (bicyclic) bond motifs is 1. The predicted octanol–water partition coefficient (Wildman–Crippen LogP) is 3.60. The lowest BCUT2D eigenvalue weighted by molar-refractivity contribution is 0.0504. The van der Waals surface area contributed by atoms with Crippen LogP contribution in [-0.4, -0.2) is 60.7 Å². The van der Waals surface area contributed by atoms with Crippen LogP contribution in [0.4, 0.5) is 4.79 Å². The molecule has 1 fully saturated rings. The molecule has 0 saturated carbocycles. The molecule has 1 saturated heterocycles. The SMILES string of the molecule is COC(=O)c1ccc(C(c2cc3c(cc2O)OCO3)N2CC[C@@H](NC(=O)OC(C)(C)C)C2)cc1. The van der Waals surface area contributed by atoms with Crippen molar-refractivity contribution in [1.82, 2.24) is 10.2 Å². The van der Waals surface area contributed by atoms with Crippen molar-refractivity contribution in [3.63, 3.8) is 0 Å². The fourth-order valence-corrected chi connectivity index (χ4v) is 4.29. The first kappa shape index (κ1) is 23.7. The summed E-state index contributed by atoms with van der Waals surface area (Å²) in [6.45, 7) is 6.80. The van der Waals surface area contributed by atoms with Gasteiger partial charge in [-0.05, 0) is 51.0 Å². The van der Waals surface area contributed by atoms with Gasteiger partial charge in [0.1, 0.15) is 11.4 Å². The highest BCUT2D eigenvalue weighted by molar-refractivity contribution is 5.89. The van der Waals surface area contributed by atoms with Gasteiger partial charge >= 0.3 is 12.1 Å². The monoisotopic (exact) mass is 470 g/mol. The van der Waals surface area contributed by atoms with Gasteiger partial charge in [0.2, 0.25) is 6.79 Å². The predicted molar refractivity (Wildman–Crippen MR) is 123 cm³/mol.